The first kappa shape index (κ1) is 21.4. The Balaban J connectivity index is 1.18. The molecular formula is C30H22N4O2. The Morgan fingerprint density at radius 3 is 2.56 bits per heavy atom. The molecule has 6 rings (SSSR count). The van der Waals surface area contributed by atoms with Gasteiger partial charge < -0.3 is 15.0 Å². The van der Waals surface area contributed by atoms with Crippen molar-refractivity contribution >= 4 is 45.6 Å². The van der Waals surface area contributed by atoms with Gasteiger partial charge in [0.15, 0.2) is 0 Å². The topological polar surface area (TPSA) is 82.8 Å². The van der Waals surface area contributed by atoms with Gasteiger partial charge in [0.2, 0.25) is 0 Å². The summed E-state index contributed by atoms with van der Waals surface area (Å²) < 4.78 is 6.09. The summed E-state index contributed by atoms with van der Waals surface area (Å²) in [6.45, 7) is 0. The molecule has 6 nitrogen and oxygen atoms in total. The molecule has 0 aliphatic heterocycles. The standard InChI is InChI=1S/C30H22N4O2/c35-30(25-10-5-11-27-24(25)16-17-31-27)32-21-8-4-9-22(18-21)36-23-13-14-26-28(33-34-29(26)19-23)15-12-20-6-2-1-3-7-20/h1-19,31H,(H,32,35)(H,33,34)/b15-12+. The highest BCUT2D eigenvalue weighted by Gasteiger charge is 2.12. The third kappa shape index (κ3) is 4.35. The van der Waals surface area contributed by atoms with Crippen molar-refractivity contribution in [1.82, 2.24) is 15.2 Å². The molecule has 6 heteroatoms. The molecule has 4 aromatic carbocycles. The first-order valence-electron chi connectivity index (χ1n) is 11.6. The van der Waals surface area contributed by atoms with Gasteiger partial charge in [0.25, 0.3) is 5.91 Å². The first-order chi connectivity index (χ1) is 17.7. The van der Waals surface area contributed by atoms with Gasteiger partial charge in [0.05, 0.1) is 11.2 Å². The zero-order valence-corrected chi connectivity index (χ0v) is 19.2. The van der Waals surface area contributed by atoms with Gasteiger partial charge in [-0.2, -0.15) is 5.10 Å². The Kier molecular flexibility index (Phi) is 5.52. The second kappa shape index (κ2) is 9.27. The molecule has 0 saturated carbocycles. The van der Waals surface area contributed by atoms with Gasteiger partial charge in [-0.15, -0.1) is 0 Å². The maximum absolute atomic E-state index is 12.9. The van der Waals surface area contributed by atoms with Crippen molar-refractivity contribution in [3.8, 4) is 11.5 Å². The molecule has 0 unspecified atom stereocenters. The van der Waals surface area contributed by atoms with E-state index < -0.39 is 0 Å². The molecule has 0 atom stereocenters. The summed E-state index contributed by atoms with van der Waals surface area (Å²) in [6, 6.07) is 30.8. The van der Waals surface area contributed by atoms with E-state index in [4.69, 9.17) is 4.74 Å². The predicted octanol–water partition coefficient (Wildman–Crippen LogP) is 7.26. The van der Waals surface area contributed by atoms with Crippen LogP contribution in [0.4, 0.5) is 5.69 Å². The van der Waals surface area contributed by atoms with E-state index in [-0.39, 0.29) is 5.91 Å². The number of fused-ring (bicyclic) bond motifs is 2. The second-order valence-corrected chi connectivity index (χ2v) is 8.39. The van der Waals surface area contributed by atoms with E-state index in [0.29, 0.717) is 22.7 Å². The summed E-state index contributed by atoms with van der Waals surface area (Å²) in [4.78, 5) is 16.0. The normalized spacial score (nSPS) is 11.3. The summed E-state index contributed by atoms with van der Waals surface area (Å²) >= 11 is 0. The second-order valence-electron chi connectivity index (χ2n) is 8.39. The number of nitrogens with one attached hydrogen (secondary N) is 3. The fourth-order valence-electron chi connectivity index (χ4n) is 4.21. The number of aromatic amines is 2. The summed E-state index contributed by atoms with van der Waals surface area (Å²) in [5.41, 5.74) is 5.05. The maximum Gasteiger partial charge on any atom is 0.256 e. The van der Waals surface area contributed by atoms with Crippen LogP contribution in [0, 0.1) is 0 Å². The lowest BCUT2D eigenvalue weighted by Gasteiger charge is -2.10. The molecule has 2 heterocycles. The minimum Gasteiger partial charge on any atom is -0.457 e. The third-order valence-corrected chi connectivity index (χ3v) is 5.96. The third-order valence-electron chi connectivity index (χ3n) is 5.96. The fourth-order valence-corrected chi connectivity index (χ4v) is 4.21. The number of nitrogens with zero attached hydrogens (tertiary/aromatic N) is 1. The van der Waals surface area contributed by atoms with Gasteiger partial charge in [-0.3, -0.25) is 9.89 Å². The van der Waals surface area contributed by atoms with E-state index in [0.717, 1.165) is 33.1 Å². The van der Waals surface area contributed by atoms with E-state index in [1.54, 1.807) is 6.07 Å². The highest BCUT2D eigenvalue weighted by Crippen LogP contribution is 2.29. The molecule has 0 aliphatic carbocycles. The van der Waals surface area contributed by atoms with Gasteiger partial charge in [-0.25, -0.2) is 0 Å². The fraction of sp³-hybridized carbons (Fsp3) is 0. The Morgan fingerprint density at radius 2 is 1.64 bits per heavy atom. The molecule has 0 aliphatic rings. The average molecular weight is 471 g/mol. The van der Waals surface area contributed by atoms with Crippen LogP contribution in [0.2, 0.25) is 0 Å². The van der Waals surface area contributed by atoms with Gasteiger partial charge in [-0.1, -0.05) is 48.5 Å². The zero-order valence-electron chi connectivity index (χ0n) is 19.2. The molecule has 2 aromatic heterocycles. The lowest BCUT2D eigenvalue weighted by molar-refractivity contribution is 0.102. The summed E-state index contributed by atoms with van der Waals surface area (Å²) in [5, 5.41) is 12.4. The summed E-state index contributed by atoms with van der Waals surface area (Å²) in [7, 11) is 0. The number of ether oxygens (including phenoxy) is 1. The van der Waals surface area contributed by atoms with Crippen molar-refractivity contribution in [2.24, 2.45) is 0 Å². The Hall–Kier alpha value is -5.10. The Labute approximate surface area is 207 Å². The molecule has 36 heavy (non-hydrogen) atoms. The number of carbonyl (C=O) groups is 1. The zero-order chi connectivity index (χ0) is 24.3. The maximum atomic E-state index is 12.9. The molecule has 0 bridgehead atoms. The summed E-state index contributed by atoms with van der Waals surface area (Å²) in [6.07, 6.45) is 5.86. The number of H-pyrrole nitrogens is 2. The van der Waals surface area contributed by atoms with E-state index in [2.05, 4.69) is 32.6 Å². The SMILES string of the molecule is O=C(Nc1cccc(Oc2ccc3c(/C=C/c4ccccc4)n[nH]c3c2)c1)c1cccc2[nH]ccc12. The number of amides is 1. The smallest absolute Gasteiger partial charge is 0.256 e. The molecule has 1 amide bonds. The van der Waals surface area contributed by atoms with Gasteiger partial charge in [-0.05, 0) is 54.1 Å². The molecule has 0 fully saturated rings. The molecular weight excluding hydrogens is 448 g/mol. The van der Waals surface area contributed by atoms with Crippen molar-refractivity contribution in [3.63, 3.8) is 0 Å². The van der Waals surface area contributed by atoms with Gasteiger partial charge in [0.1, 0.15) is 11.5 Å². The van der Waals surface area contributed by atoms with Crippen LogP contribution in [-0.2, 0) is 0 Å². The molecule has 3 N–H and O–H groups in total. The molecule has 6 aromatic rings. The van der Waals surface area contributed by atoms with Crippen LogP contribution in [0.3, 0.4) is 0 Å². The Morgan fingerprint density at radius 1 is 0.778 bits per heavy atom. The lowest BCUT2D eigenvalue weighted by atomic mass is 10.1. The van der Waals surface area contributed by atoms with Crippen LogP contribution in [0.25, 0.3) is 34.0 Å². The van der Waals surface area contributed by atoms with Crippen molar-refractivity contribution in [3.05, 3.63) is 120 Å². The number of benzene rings is 4. The molecule has 0 radical (unpaired) electrons. The number of hydrogen-bond donors (Lipinski definition) is 3. The highest BCUT2D eigenvalue weighted by molar-refractivity contribution is 6.12. The van der Waals surface area contributed by atoms with Crippen molar-refractivity contribution in [2.75, 3.05) is 5.32 Å². The Bertz CT molecular complexity index is 1710. The van der Waals surface area contributed by atoms with E-state index in [9.17, 15) is 4.79 Å². The average Bonchev–Trinajstić information content (AvgIpc) is 3.55. The van der Waals surface area contributed by atoms with Crippen LogP contribution >= 0.6 is 0 Å². The highest BCUT2D eigenvalue weighted by atomic mass is 16.5. The van der Waals surface area contributed by atoms with E-state index in [1.165, 1.54) is 0 Å². The minimum atomic E-state index is -0.174. The molecule has 0 saturated heterocycles. The number of anilines is 1. The number of carbonyl (C=O) groups excluding carboxylic acids is 1. The number of rotatable bonds is 6. The number of aromatic nitrogens is 3. The largest absolute Gasteiger partial charge is 0.457 e. The van der Waals surface area contributed by atoms with Crippen LogP contribution < -0.4 is 10.1 Å². The van der Waals surface area contributed by atoms with Crippen molar-refractivity contribution < 1.29 is 9.53 Å². The predicted molar refractivity (Wildman–Crippen MR) is 144 cm³/mol. The quantitative estimate of drug-likeness (QED) is 0.240. The lowest BCUT2D eigenvalue weighted by Crippen LogP contribution is -2.12. The van der Waals surface area contributed by atoms with Crippen LogP contribution in [-0.4, -0.2) is 21.1 Å². The molecule has 0 spiro atoms. The van der Waals surface area contributed by atoms with Gasteiger partial charge >= 0.3 is 0 Å². The van der Waals surface area contributed by atoms with Crippen LogP contribution in [0.15, 0.2) is 103 Å². The minimum absolute atomic E-state index is 0.174. The van der Waals surface area contributed by atoms with Crippen molar-refractivity contribution in [1.29, 1.82) is 0 Å². The first-order valence-corrected chi connectivity index (χ1v) is 11.6. The van der Waals surface area contributed by atoms with Crippen LogP contribution in [0.5, 0.6) is 11.5 Å². The van der Waals surface area contributed by atoms with Crippen molar-refractivity contribution in [2.45, 2.75) is 0 Å². The number of hydrogen-bond acceptors (Lipinski definition) is 3. The van der Waals surface area contributed by atoms with Crippen LogP contribution in [0.1, 0.15) is 21.6 Å². The monoisotopic (exact) mass is 470 g/mol. The van der Waals surface area contributed by atoms with E-state index in [1.807, 2.05) is 97.2 Å². The van der Waals surface area contributed by atoms with Gasteiger partial charge in [0, 0.05) is 45.9 Å². The molecule has 174 valence electrons. The summed E-state index contributed by atoms with van der Waals surface area (Å²) in [5.74, 6) is 1.12. The van der Waals surface area contributed by atoms with E-state index >= 15 is 0 Å².